The summed E-state index contributed by atoms with van der Waals surface area (Å²) in [5, 5.41) is 9.85. The van der Waals surface area contributed by atoms with Crippen LogP contribution in [-0.4, -0.2) is 45.6 Å². The van der Waals surface area contributed by atoms with Gasteiger partial charge in [0.25, 0.3) is 0 Å². The largest absolute Gasteiger partial charge is 0.390 e. The Labute approximate surface area is 126 Å². The van der Waals surface area contributed by atoms with Crippen LogP contribution in [-0.2, 0) is 19.9 Å². The van der Waals surface area contributed by atoms with E-state index in [4.69, 9.17) is 23.2 Å². The first kappa shape index (κ1) is 16.0. The van der Waals surface area contributed by atoms with Crippen molar-refractivity contribution in [1.82, 2.24) is 4.72 Å². The van der Waals surface area contributed by atoms with E-state index in [0.29, 0.717) is 0 Å². The van der Waals surface area contributed by atoms with Gasteiger partial charge in [0, 0.05) is 0 Å². The van der Waals surface area contributed by atoms with E-state index in [1.165, 1.54) is 12.1 Å². The standard InChI is InChI=1S/C10H11Cl2NO5S2/c11-7-2-1-6(3-8(7)12)20(17,18)13-9-4-19(15,16)5-10(9)14/h1-3,9-10,13-14H,4-5H2/t9-,10-/m0/s1. The second-order valence-electron chi connectivity index (χ2n) is 4.45. The highest BCUT2D eigenvalue weighted by molar-refractivity contribution is 7.92. The number of halogens is 2. The van der Waals surface area contributed by atoms with Gasteiger partial charge in [-0.3, -0.25) is 0 Å². The molecule has 20 heavy (non-hydrogen) atoms. The van der Waals surface area contributed by atoms with Crippen LogP contribution in [0.25, 0.3) is 0 Å². The van der Waals surface area contributed by atoms with E-state index in [-0.39, 0.29) is 14.9 Å². The number of nitrogens with one attached hydrogen (secondary N) is 1. The topological polar surface area (TPSA) is 101 Å². The molecule has 0 bridgehead atoms. The molecule has 1 aliphatic heterocycles. The van der Waals surface area contributed by atoms with E-state index in [2.05, 4.69) is 4.72 Å². The highest BCUT2D eigenvalue weighted by Gasteiger charge is 2.38. The first-order chi connectivity index (χ1) is 9.11. The number of hydrogen-bond donors (Lipinski definition) is 2. The number of hydrogen-bond acceptors (Lipinski definition) is 5. The number of sulfonamides is 1. The SMILES string of the molecule is O=S1(=O)C[C@H](NS(=O)(=O)c2ccc(Cl)c(Cl)c2)[C@@H](O)C1. The monoisotopic (exact) mass is 359 g/mol. The van der Waals surface area contributed by atoms with Gasteiger partial charge < -0.3 is 5.11 Å². The first-order valence-corrected chi connectivity index (χ1v) is 9.53. The molecular formula is C10H11Cl2NO5S2. The summed E-state index contributed by atoms with van der Waals surface area (Å²) in [6.45, 7) is 0. The van der Waals surface area contributed by atoms with Gasteiger partial charge in [-0.05, 0) is 18.2 Å². The smallest absolute Gasteiger partial charge is 0.240 e. The maximum Gasteiger partial charge on any atom is 0.240 e. The van der Waals surface area contributed by atoms with Crippen LogP contribution >= 0.6 is 23.2 Å². The summed E-state index contributed by atoms with van der Waals surface area (Å²) < 4.78 is 49.0. The van der Waals surface area contributed by atoms with Crippen LogP contribution in [0.4, 0.5) is 0 Å². The maximum absolute atomic E-state index is 12.1. The minimum atomic E-state index is -3.98. The van der Waals surface area contributed by atoms with Crippen molar-refractivity contribution in [3.63, 3.8) is 0 Å². The lowest BCUT2D eigenvalue weighted by atomic mass is 10.2. The fraction of sp³-hybridized carbons (Fsp3) is 0.400. The minimum absolute atomic E-state index is 0.0640. The third-order valence-electron chi connectivity index (χ3n) is 2.83. The Morgan fingerprint density at radius 1 is 1.20 bits per heavy atom. The lowest BCUT2D eigenvalue weighted by molar-refractivity contribution is 0.176. The third kappa shape index (κ3) is 3.44. The molecule has 0 amide bonds. The van der Waals surface area contributed by atoms with Gasteiger partial charge in [-0.25, -0.2) is 21.6 Å². The van der Waals surface area contributed by atoms with Crippen molar-refractivity contribution in [1.29, 1.82) is 0 Å². The number of benzene rings is 1. The van der Waals surface area contributed by atoms with Crippen LogP contribution in [0.5, 0.6) is 0 Å². The molecule has 0 saturated carbocycles. The molecule has 0 aromatic heterocycles. The Morgan fingerprint density at radius 3 is 2.35 bits per heavy atom. The van der Waals surface area contributed by atoms with E-state index < -0.39 is 43.5 Å². The van der Waals surface area contributed by atoms with E-state index in [0.717, 1.165) is 6.07 Å². The molecule has 0 unspecified atom stereocenters. The van der Waals surface area contributed by atoms with Crippen molar-refractivity contribution in [2.24, 2.45) is 0 Å². The zero-order valence-electron chi connectivity index (χ0n) is 9.95. The molecule has 2 atom stereocenters. The average Bonchev–Trinajstić information content (AvgIpc) is 2.54. The zero-order chi connectivity index (χ0) is 15.1. The molecule has 1 saturated heterocycles. The molecule has 1 aromatic carbocycles. The highest BCUT2D eigenvalue weighted by atomic mass is 35.5. The number of aliphatic hydroxyl groups excluding tert-OH is 1. The van der Waals surface area contributed by atoms with Crippen molar-refractivity contribution in [2.45, 2.75) is 17.0 Å². The third-order valence-corrected chi connectivity index (χ3v) is 6.77. The molecular weight excluding hydrogens is 349 g/mol. The van der Waals surface area contributed by atoms with Crippen LogP contribution in [0.1, 0.15) is 0 Å². The fourth-order valence-corrected chi connectivity index (χ4v) is 5.36. The molecule has 1 fully saturated rings. The molecule has 0 radical (unpaired) electrons. The molecule has 2 N–H and O–H groups in total. The molecule has 1 heterocycles. The number of aliphatic hydroxyl groups is 1. The normalized spacial score (nSPS) is 25.8. The Bertz CT molecular complexity index is 732. The van der Waals surface area contributed by atoms with Crippen molar-refractivity contribution in [3.05, 3.63) is 28.2 Å². The second-order valence-corrected chi connectivity index (χ2v) is 9.13. The Hall–Kier alpha value is -0.380. The summed E-state index contributed by atoms with van der Waals surface area (Å²) in [6.07, 6.45) is -1.27. The maximum atomic E-state index is 12.1. The van der Waals surface area contributed by atoms with Crippen LogP contribution in [0.2, 0.25) is 10.0 Å². The van der Waals surface area contributed by atoms with Gasteiger partial charge >= 0.3 is 0 Å². The molecule has 6 nitrogen and oxygen atoms in total. The summed E-state index contributed by atoms with van der Waals surface area (Å²) in [5.74, 6) is -0.893. The molecule has 10 heteroatoms. The second kappa shape index (κ2) is 5.43. The number of rotatable bonds is 3. The van der Waals surface area contributed by atoms with Crippen LogP contribution in [0.15, 0.2) is 23.1 Å². The Balaban J connectivity index is 2.26. The van der Waals surface area contributed by atoms with Crippen molar-refractivity contribution < 1.29 is 21.9 Å². The molecule has 2 rings (SSSR count). The van der Waals surface area contributed by atoms with Crippen LogP contribution < -0.4 is 4.72 Å². The minimum Gasteiger partial charge on any atom is -0.390 e. The van der Waals surface area contributed by atoms with Crippen LogP contribution in [0, 0.1) is 0 Å². The van der Waals surface area contributed by atoms with E-state index >= 15 is 0 Å². The molecule has 112 valence electrons. The fourth-order valence-electron chi connectivity index (χ4n) is 1.85. The Morgan fingerprint density at radius 2 is 1.85 bits per heavy atom. The quantitative estimate of drug-likeness (QED) is 0.814. The summed E-state index contributed by atoms with van der Waals surface area (Å²) in [7, 11) is -7.42. The molecule has 0 spiro atoms. The highest BCUT2D eigenvalue weighted by Crippen LogP contribution is 2.25. The summed E-state index contributed by atoms with van der Waals surface area (Å²) >= 11 is 11.4. The zero-order valence-corrected chi connectivity index (χ0v) is 13.1. The average molecular weight is 360 g/mol. The summed E-state index contributed by atoms with van der Waals surface area (Å²) in [6, 6.07) is 2.65. The predicted octanol–water partition coefficient (Wildman–Crippen LogP) is 0.430. The molecule has 0 aliphatic carbocycles. The van der Waals surface area contributed by atoms with Gasteiger partial charge in [0.2, 0.25) is 10.0 Å². The van der Waals surface area contributed by atoms with E-state index in [1.54, 1.807) is 0 Å². The lowest BCUT2D eigenvalue weighted by Gasteiger charge is -2.15. The Kier molecular flexibility index (Phi) is 4.35. The van der Waals surface area contributed by atoms with Gasteiger partial charge in [-0.2, -0.15) is 0 Å². The van der Waals surface area contributed by atoms with Gasteiger partial charge in [0.15, 0.2) is 9.84 Å². The van der Waals surface area contributed by atoms with Gasteiger partial charge in [-0.15, -0.1) is 0 Å². The number of sulfone groups is 1. The van der Waals surface area contributed by atoms with Crippen molar-refractivity contribution in [3.8, 4) is 0 Å². The van der Waals surface area contributed by atoms with Gasteiger partial charge in [0.1, 0.15) is 0 Å². The summed E-state index contributed by atoms with van der Waals surface area (Å²) in [4.78, 5) is -0.150. The van der Waals surface area contributed by atoms with Crippen LogP contribution in [0.3, 0.4) is 0 Å². The molecule has 1 aliphatic rings. The first-order valence-electron chi connectivity index (χ1n) is 5.46. The van der Waals surface area contributed by atoms with Gasteiger partial charge in [0.05, 0.1) is 38.6 Å². The van der Waals surface area contributed by atoms with Crippen molar-refractivity contribution >= 4 is 43.1 Å². The van der Waals surface area contributed by atoms with Crippen molar-refractivity contribution in [2.75, 3.05) is 11.5 Å². The van der Waals surface area contributed by atoms with Gasteiger partial charge in [-0.1, -0.05) is 23.2 Å². The van der Waals surface area contributed by atoms with E-state index in [1.807, 2.05) is 0 Å². The molecule has 1 aromatic rings. The van der Waals surface area contributed by atoms with E-state index in [9.17, 15) is 21.9 Å². The summed E-state index contributed by atoms with van der Waals surface area (Å²) in [5.41, 5.74) is 0. The lowest BCUT2D eigenvalue weighted by Crippen LogP contribution is -2.42. The predicted molar refractivity (Wildman–Crippen MR) is 75.2 cm³/mol.